The van der Waals surface area contributed by atoms with Gasteiger partial charge in [0.1, 0.15) is 10.3 Å². The summed E-state index contributed by atoms with van der Waals surface area (Å²) in [7, 11) is 1.78. The minimum Gasteiger partial charge on any atom is -0.329 e. The van der Waals surface area contributed by atoms with E-state index < -0.39 is 0 Å². The molecule has 1 aromatic heterocycles. The fraction of sp³-hybridized carbons (Fsp3) is 0.200. The minimum absolute atomic E-state index is 0.00730. The second-order valence-corrected chi connectivity index (χ2v) is 5.57. The number of hydrogen-bond donors (Lipinski definition) is 0. The molecule has 0 unspecified atom stereocenters. The third-order valence-corrected chi connectivity index (χ3v) is 3.81. The Bertz CT molecular complexity index is 676. The molecule has 1 amide bonds. The van der Waals surface area contributed by atoms with Gasteiger partial charge in [0.25, 0.3) is 5.91 Å². The summed E-state index contributed by atoms with van der Waals surface area (Å²) in [6.45, 7) is 1.29. The van der Waals surface area contributed by atoms with Gasteiger partial charge in [0.15, 0.2) is 0 Å². The molecule has 4 nitrogen and oxygen atoms in total. The van der Waals surface area contributed by atoms with Gasteiger partial charge in [-0.2, -0.15) is 5.10 Å². The number of rotatable bonds is 2. The van der Waals surface area contributed by atoms with Gasteiger partial charge in [-0.3, -0.25) is 9.48 Å². The number of hydrogen-bond acceptors (Lipinski definition) is 2. The zero-order valence-electron chi connectivity index (χ0n) is 11.1. The lowest BCUT2D eigenvalue weighted by Gasteiger charge is -2.16. The first-order chi connectivity index (χ1) is 9.65. The van der Waals surface area contributed by atoms with Gasteiger partial charge in [0.2, 0.25) is 0 Å². The predicted octanol–water partition coefficient (Wildman–Crippen LogP) is 2.72. The minimum atomic E-state index is 0.00730. The van der Waals surface area contributed by atoms with E-state index in [4.69, 9.17) is 0 Å². The molecule has 2 heterocycles. The van der Waals surface area contributed by atoms with E-state index in [2.05, 4.69) is 39.2 Å². The number of benzene rings is 1. The number of aryl methyl sites for hydroxylation is 1. The van der Waals surface area contributed by atoms with Crippen LogP contribution in [0.2, 0.25) is 0 Å². The molecular formula is C15H14BrN3O. The molecule has 0 saturated heterocycles. The van der Waals surface area contributed by atoms with Crippen molar-refractivity contribution in [3.63, 3.8) is 0 Å². The highest BCUT2D eigenvalue weighted by molar-refractivity contribution is 9.10. The highest BCUT2D eigenvalue weighted by Crippen LogP contribution is 2.22. The van der Waals surface area contributed by atoms with E-state index >= 15 is 0 Å². The lowest BCUT2D eigenvalue weighted by atomic mass is 10.1. The topological polar surface area (TPSA) is 38.1 Å². The van der Waals surface area contributed by atoms with Crippen LogP contribution in [-0.4, -0.2) is 33.7 Å². The second kappa shape index (κ2) is 5.25. The molecule has 0 bridgehead atoms. The Morgan fingerprint density at radius 2 is 2.05 bits per heavy atom. The second-order valence-electron chi connectivity index (χ2n) is 4.76. The summed E-state index contributed by atoms with van der Waals surface area (Å²) < 4.78 is 2.28. The van der Waals surface area contributed by atoms with E-state index in [1.807, 2.05) is 23.1 Å². The zero-order valence-corrected chi connectivity index (χ0v) is 12.7. The molecule has 20 heavy (non-hydrogen) atoms. The van der Waals surface area contributed by atoms with Gasteiger partial charge in [-0.1, -0.05) is 36.4 Å². The molecular weight excluding hydrogens is 318 g/mol. The fourth-order valence-electron chi connectivity index (χ4n) is 2.37. The van der Waals surface area contributed by atoms with Crippen LogP contribution in [0.4, 0.5) is 0 Å². The Kier molecular flexibility index (Phi) is 3.44. The summed E-state index contributed by atoms with van der Waals surface area (Å²) in [6, 6.07) is 11.9. The number of amides is 1. The SMILES string of the molecule is Cn1nc(Br)cc1C(=O)N1CC=C(c2ccccc2)C1. The fourth-order valence-corrected chi connectivity index (χ4v) is 2.82. The van der Waals surface area contributed by atoms with Gasteiger partial charge in [0, 0.05) is 26.2 Å². The smallest absolute Gasteiger partial charge is 0.272 e. The molecule has 0 aliphatic carbocycles. The average Bonchev–Trinajstić information content (AvgIpc) is 3.06. The Balaban J connectivity index is 1.76. The van der Waals surface area contributed by atoms with Crippen LogP contribution in [0.3, 0.4) is 0 Å². The van der Waals surface area contributed by atoms with E-state index in [0.29, 0.717) is 23.4 Å². The number of carbonyl (C=O) groups is 1. The summed E-state index contributed by atoms with van der Waals surface area (Å²) >= 11 is 3.29. The van der Waals surface area contributed by atoms with E-state index in [9.17, 15) is 4.79 Å². The van der Waals surface area contributed by atoms with Gasteiger partial charge >= 0.3 is 0 Å². The molecule has 0 radical (unpaired) electrons. The molecule has 0 N–H and O–H groups in total. The predicted molar refractivity (Wildman–Crippen MR) is 81.2 cm³/mol. The van der Waals surface area contributed by atoms with Crippen molar-refractivity contribution >= 4 is 27.4 Å². The maximum Gasteiger partial charge on any atom is 0.272 e. The largest absolute Gasteiger partial charge is 0.329 e. The first kappa shape index (κ1) is 13.1. The normalized spacial score (nSPS) is 14.5. The third-order valence-electron chi connectivity index (χ3n) is 3.42. The highest BCUT2D eigenvalue weighted by atomic mass is 79.9. The third kappa shape index (κ3) is 2.41. The summed E-state index contributed by atoms with van der Waals surface area (Å²) in [4.78, 5) is 14.3. The molecule has 1 aliphatic rings. The van der Waals surface area contributed by atoms with Crippen LogP contribution < -0.4 is 0 Å². The van der Waals surface area contributed by atoms with Crippen LogP contribution in [0.1, 0.15) is 16.1 Å². The quantitative estimate of drug-likeness (QED) is 0.848. The van der Waals surface area contributed by atoms with Crippen LogP contribution >= 0.6 is 15.9 Å². The van der Waals surface area contributed by atoms with Gasteiger partial charge in [-0.05, 0) is 27.1 Å². The van der Waals surface area contributed by atoms with E-state index in [-0.39, 0.29) is 5.91 Å². The number of nitrogens with zero attached hydrogens (tertiary/aromatic N) is 3. The van der Waals surface area contributed by atoms with Crippen molar-refractivity contribution in [1.82, 2.24) is 14.7 Å². The standard InChI is InChI=1S/C15H14BrN3O/c1-18-13(9-14(16)17-18)15(20)19-8-7-12(10-19)11-5-3-2-4-6-11/h2-7,9H,8,10H2,1H3. The van der Waals surface area contributed by atoms with Crippen molar-refractivity contribution in [3.8, 4) is 0 Å². The Morgan fingerprint density at radius 3 is 2.70 bits per heavy atom. The first-order valence-electron chi connectivity index (χ1n) is 6.38. The molecule has 2 aromatic rings. The molecule has 5 heteroatoms. The molecule has 0 atom stereocenters. The van der Waals surface area contributed by atoms with Crippen molar-refractivity contribution in [2.75, 3.05) is 13.1 Å². The lowest BCUT2D eigenvalue weighted by Crippen LogP contribution is -2.30. The van der Waals surface area contributed by atoms with Crippen molar-refractivity contribution in [1.29, 1.82) is 0 Å². The van der Waals surface area contributed by atoms with Crippen LogP contribution in [0.5, 0.6) is 0 Å². The molecule has 0 fully saturated rings. The maximum absolute atomic E-state index is 12.5. The zero-order chi connectivity index (χ0) is 14.1. The van der Waals surface area contributed by atoms with E-state index in [0.717, 1.165) is 0 Å². The van der Waals surface area contributed by atoms with Crippen LogP contribution in [0, 0.1) is 0 Å². The van der Waals surface area contributed by atoms with Gasteiger partial charge in [-0.15, -0.1) is 0 Å². The van der Waals surface area contributed by atoms with E-state index in [1.54, 1.807) is 17.8 Å². The summed E-state index contributed by atoms with van der Waals surface area (Å²) in [5, 5.41) is 4.15. The summed E-state index contributed by atoms with van der Waals surface area (Å²) in [5.41, 5.74) is 2.97. The van der Waals surface area contributed by atoms with Crippen molar-refractivity contribution in [2.24, 2.45) is 7.05 Å². The Hall–Kier alpha value is -1.88. The number of aromatic nitrogens is 2. The monoisotopic (exact) mass is 331 g/mol. The average molecular weight is 332 g/mol. The van der Waals surface area contributed by atoms with Crippen molar-refractivity contribution in [2.45, 2.75) is 0 Å². The molecule has 3 rings (SSSR count). The summed E-state index contributed by atoms with van der Waals surface area (Å²) in [6.07, 6.45) is 2.11. The van der Waals surface area contributed by atoms with Crippen LogP contribution in [-0.2, 0) is 7.05 Å². The van der Waals surface area contributed by atoms with Gasteiger partial charge < -0.3 is 4.90 Å². The van der Waals surface area contributed by atoms with Gasteiger partial charge in [-0.25, -0.2) is 0 Å². The molecule has 1 aromatic carbocycles. The lowest BCUT2D eigenvalue weighted by molar-refractivity contribution is 0.0790. The molecule has 102 valence electrons. The number of carbonyl (C=O) groups excluding carboxylic acids is 1. The maximum atomic E-state index is 12.5. The molecule has 1 aliphatic heterocycles. The first-order valence-corrected chi connectivity index (χ1v) is 7.18. The highest BCUT2D eigenvalue weighted by Gasteiger charge is 2.24. The number of halogens is 1. The Morgan fingerprint density at radius 1 is 1.30 bits per heavy atom. The summed E-state index contributed by atoms with van der Waals surface area (Å²) in [5.74, 6) is 0.00730. The molecule has 0 saturated carbocycles. The van der Waals surface area contributed by atoms with Crippen molar-refractivity contribution in [3.05, 3.63) is 58.3 Å². The van der Waals surface area contributed by atoms with E-state index in [1.165, 1.54) is 11.1 Å². The Labute approximate surface area is 125 Å². The molecule has 0 spiro atoms. The van der Waals surface area contributed by atoms with Crippen molar-refractivity contribution < 1.29 is 4.79 Å². The van der Waals surface area contributed by atoms with Crippen LogP contribution in [0.25, 0.3) is 5.57 Å². The van der Waals surface area contributed by atoms with Crippen LogP contribution in [0.15, 0.2) is 47.1 Å². The van der Waals surface area contributed by atoms with Gasteiger partial charge in [0.05, 0.1) is 0 Å².